The van der Waals surface area contributed by atoms with Crippen molar-refractivity contribution in [2.24, 2.45) is 0 Å². The van der Waals surface area contributed by atoms with E-state index in [0.29, 0.717) is 0 Å². The summed E-state index contributed by atoms with van der Waals surface area (Å²) >= 11 is 0. The summed E-state index contributed by atoms with van der Waals surface area (Å²) in [7, 11) is 0. The Labute approximate surface area is 106 Å². The van der Waals surface area contributed by atoms with Crippen molar-refractivity contribution in [3.8, 4) is 0 Å². The molecule has 0 amide bonds. The van der Waals surface area contributed by atoms with Gasteiger partial charge in [0.1, 0.15) is 6.54 Å². The molecule has 0 saturated heterocycles. The minimum Gasteiger partial charge on any atom is -0.345 e. The predicted molar refractivity (Wildman–Crippen MR) is 66.4 cm³/mol. The summed E-state index contributed by atoms with van der Waals surface area (Å²) in [6.07, 6.45) is 1.90. The van der Waals surface area contributed by atoms with E-state index in [0.717, 1.165) is 31.4 Å². The normalized spacial score (nSPS) is 13.8. The Bertz CT molecular complexity index is 344. The van der Waals surface area contributed by atoms with Gasteiger partial charge < -0.3 is 9.88 Å². The van der Waals surface area contributed by atoms with Gasteiger partial charge in [-0.25, -0.2) is 0 Å². The van der Waals surface area contributed by atoms with Gasteiger partial charge >= 0.3 is 6.18 Å². The highest BCUT2D eigenvalue weighted by atomic mass is 19.4. The molecule has 0 fully saturated rings. The molecule has 5 heteroatoms. The molecule has 18 heavy (non-hydrogen) atoms. The molecule has 0 spiro atoms. The average molecular weight is 262 g/mol. The molecule has 1 unspecified atom stereocenters. The fourth-order valence-corrected chi connectivity index (χ4v) is 1.96. The lowest BCUT2D eigenvalue weighted by Crippen LogP contribution is -2.22. The Kier molecular flexibility index (Phi) is 5.72. The van der Waals surface area contributed by atoms with Crippen LogP contribution in [0.1, 0.15) is 44.7 Å². The molecule has 104 valence electrons. The number of alkyl halides is 3. The van der Waals surface area contributed by atoms with E-state index in [-0.39, 0.29) is 6.04 Å². The van der Waals surface area contributed by atoms with Crippen LogP contribution in [-0.2, 0) is 6.54 Å². The number of nitrogens with one attached hydrogen (secondary N) is 1. The van der Waals surface area contributed by atoms with Crippen molar-refractivity contribution in [2.75, 3.05) is 6.54 Å². The largest absolute Gasteiger partial charge is 0.406 e. The van der Waals surface area contributed by atoms with Gasteiger partial charge in [-0.1, -0.05) is 20.3 Å². The molecule has 1 aromatic rings. The molecule has 0 aromatic carbocycles. The van der Waals surface area contributed by atoms with E-state index in [1.807, 2.05) is 0 Å². The molecule has 1 N–H and O–H groups in total. The first-order valence-corrected chi connectivity index (χ1v) is 6.42. The molecule has 2 nitrogen and oxygen atoms in total. The summed E-state index contributed by atoms with van der Waals surface area (Å²) in [5.41, 5.74) is 0.939. The second-order valence-corrected chi connectivity index (χ2v) is 4.53. The van der Waals surface area contributed by atoms with E-state index < -0.39 is 12.7 Å². The number of rotatable bonds is 7. The minimum atomic E-state index is -4.16. The van der Waals surface area contributed by atoms with Gasteiger partial charge in [0.05, 0.1) is 0 Å². The lowest BCUT2D eigenvalue weighted by molar-refractivity contribution is -0.140. The molecule has 0 radical (unpaired) electrons. The highest BCUT2D eigenvalue weighted by molar-refractivity contribution is 5.15. The first-order chi connectivity index (χ1) is 8.46. The highest BCUT2D eigenvalue weighted by Gasteiger charge is 2.27. The fraction of sp³-hybridized carbons (Fsp3) is 0.692. The lowest BCUT2D eigenvalue weighted by atomic mass is 10.1. The van der Waals surface area contributed by atoms with Crippen LogP contribution in [0.5, 0.6) is 0 Å². The second kappa shape index (κ2) is 6.83. The van der Waals surface area contributed by atoms with Crippen LogP contribution >= 0.6 is 0 Å². The van der Waals surface area contributed by atoms with Crippen LogP contribution in [0.2, 0.25) is 0 Å². The highest BCUT2D eigenvalue weighted by Crippen LogP contribution is 2.22. The van der Waals surface area contributed by atoms with Crippen LogP contribution in [0.3, 0.4) is 0 Å². The summed E-state index contributed by atoms with van der Waals surface area (Å²) in [6.45, 7) is 4.12. The molecular formula is C13H21F3N2. The Balaban J connectivity index is 2.68. The van der Waals surface area contributed by atoms with Crippen LogP contribution in [0.25, 0.3) is 0 Å². The average Bonchev–Trinajstić information content (AvgIpc) is 2.70. The van der Waals surface area contributed by atoms with Gasteiger partial charge in [-0.3, -0.25) is 0 Å². The summed E-state index contributed by atoms with van der Waals surface area (Å²) in [4.78, 5) is 0. The molecular weight excluding hydrogens is 241 g/mol. The molecule has 0 aliphatic carbocycles. The molecule has 0 aliphatic heterocycles. The molecule has 1 aromatic heterocycles. The van der Waals surface area contributed by atoms with Crippen LogP contribution in [0.15, 0.2) is 18.5 Å². The van der Waals surface area contributed by atoms with E-state index in [4.69, 9.17) is 0 Å². The van der Waals surface area contributed by atoms with Gasteiger partial charge in [-0.05, 0) is 31.0 Å². The fourth-order valence-electron chi connectivity index (χ4n) is 1.96. The number of hydrogen-bond acceptors (Lipinski definition) is 1. The zero-order valence-electron chi connectivity index (χ0n) is 10.9. The second-order valence-electron chi connectivity index (χ2n) is 4.53. The summed E-state index contributed by atoms with van der Waals surface area (Å²) in [5.74, 6) is 0. The minimum absolute atomic E-state index is 0.157. The number of nitrogens with zero attached hydrogens (tertiary/aromatic N) is 1. The number of halogens is 3. The standard InChI is InChI=1S/C13H21F3N2/c1-3-5-12(17-7-4-2)11-6-8-18(9-11)10-13(14,15)16/h6,8-9,12,17H,3-5,7,10H2,1-2H3. The predicted octanol–water partition coefficient (Wildman–Crippen LogP) is 3.89. The van der Waals surface area contributed by atoms with Gasteiger partial charge in [0.25, 0.3) is 0 Å². The molecule has 1 rings (SSSR count). The number of hydrogen-bond donors (Lipinski definition) is 1. The van der Waals surface area contributed by atoms with Crippen molar-refractivity contribution in [3.63, 3.8) is 0 Å². The van der Waals surface area contributed by atoms with Crippen molar-refractivity contribution in [1.82, 2.24) is 9.88 Å². The van der Waals surface area contributed by atoms with Gasteiger partial charge in [0.2, 0.25) is 0 Å². The maximum absolute atomic E-state index is 12.3. The quantitative estimate of drug-likeness (QED) is 0.788. The maximum Gasteiger partial charge on any atom is 0.406 e. The van der Waals surface area contributed by atoms with E-state index in [2.05, 4.69) is 19.2 Å². The number of aromatic nitrogens is 1. The zero-order valence-corrected chi connectivity index (χ0v) is 10.9. The zero-order chi connectivity index (χ0) is 13.6. The van der Waals surface area contributed by atoms with E-state index in [9.17, 15) is 13.2 Å². The first kappa shape index (κ1) is 15.1. The maximum atomic E-state index is 12.3. The monoisotopic (exact) mass is 262 g/mol. The topological polar surface area (TPSA) is 17.0 Å². The van der Waals surface area contributed by atoms with Crippen molar-refractivity contribution < 1.29 is 13.2 Å². The van der Waals surface area contributed by atoms with Crippen LogP contribution < -0.4 is 5.32 Å². The van der Waals surface area contributed by atoms with Gasteiger partial charge in [0, 0.05) is 18.4 Å². The van der Waals surface area contributed by atoms with Gasteiger partial charge in [0.15, 0.2) is 0 Å². The third-order valence-corrected chi connectivity index (χ3v) is 2.76. The summed E-state index contributed by atoms with van der Waals surface area (Å²) in [6, 6.07) is 1.93. The van der Waals surface area contributed by atoms with Gasteiger partial charge in [-0.2, -0.15) is 13.2 Å². The Morgan fingerprint density at radius 3 is 2.56 bits per heavy atom. The van der Waals surface area contributed by atoms with E-state index in [1.165, 1.54) is 10.8 Å². The third-order valence-electron chi connectivity index (χ3n) is 2.76. The SMILES string of the molecule is CCCNC(CCC)c1ccn(CC(F)(F)F)c1. The third kappa shape index (κ3) is 5.12. The van der Waals surface area contributed by atoms with Crippen LogP contribution in [-0.4, -0.2) is 17.3 Å². The molecule has 0 saturated carbocycles. The Hall–Kier alpha value is -0.970. The Morgan fingerprint density at radius 2 is 2.00 bits per heavy atom. The lowest BCUT2D eigenvalue weighted by Gasteiger charge is -2.16. The molecule has 1 atom stereocenters. The van der Waals surface area contributed by atoms with Crippen LogP contribution in [0.4, 0.5) is 13.2 Å². The smallest absolute Gasteiger partial charge is 0.345 e. The summed E-state index contributed by atoms with van der Waals surface area (Å²) < 4.78 is 38.0. The van der Waals surface area contributed by atoms with Crippen LogP contribution in [0, 0.1) is 0 Å². The first-order valence-electron chi connectivity index (χ1n) is 6.42. The summed E-state index contributed by atoms with van der Waals surface area (Å²) in [5, 5.41) is 3.37. The molecule has 0 aliphatic rings. The molecule has 1 heterocycles. The van der Waals surface area contributed by atoms with E-state index >= 15 is 0 Å². The van der Waals surface area contributed by atoms with E-state index in [1.54, 1.807) is 12.3 Å². The van der Waals surface area contributed by atoms with Crippen molar-refractivity contribution in [2.45, 2.75) is 51.9 Å². The molecule has 0 bridgehead atoms. The van der Waals surface area contributed by atoms with Crippen molar-refractivity contribution in [1.29, 1.82) is 0 Å². The van der Waals surface area contributed by atoms with Crippen molar-refractivity contribution in [3.05, 3.63) is 24.0 Å². The van der Waals surface area contributed by atoms with Gasteiger partial charge in [-0.15, -0.1) is 0 Å². The Morgan fingerprint density at radius 1 is 1.28 bits per heavy atom. The van der Waals surface area contributed by atoms with Crippen molar-refractivity contribution >= 4 is 0 Å².